The molecule has 0 amide bonds. The second-order valence-electron chi connectivity index (χ2n) is 7.46. The number of aromatic carboxylic acids is 1. The minimum atomic E-state index is -0.986. The quantitative estimate of drug-likeness (QED) is 0.801. The Morgan fingerprint density at radius 3 is 2.57 bits per heavy atom. The summed E-state index contributed by atoms with van der Waals surface area (Å²) in [5.41, 5.74) is 3.54. The van der Waals surface area contributed by atoms with Crippen LogP contribution < -0.4 is 4.90 Å². The summed E-state index contributed by atoms with van der Waals surface area (Å²) in [6.45, 7) is 3.87. The zero-order valence-electron chi connectivity index (χ0n) is 16.6. The second-order valence-corrected chi connectivity index (χ2v) is 7.46. The lowest BCUT2D eigenvalue weighted by molar-refractivity contribution is 0.0696. The lowest BCUT2D eigenvalue weighted by atomic mass is 10.1. The molecule has 1 aliphatic heterocycles. The summed E-state index contributed by atoms with van der Waals surface area (Å²) in [6.07, 6.45) is 7.15. The number of benzene rings is 1. The molecule has 1 N–H and O–H groups in total. The first-order valence-corrected chi connectivity index (χ1v) is 10.0. The van der Waals surface area contributed by atoms with E-state index in [0.717, 1.165) is 50.3 Å². The van der Waals surface area contributed by atoms with Crippen molar-refractivity contribution in [2.24, 2.45) is 0 Å². The molecule has 1 unspecified atom stereocenters. The Kier molecular flexibility index (Phi) is 5.79. The van der Waals surface area contributed by atoms with Gasteiger partial charge < -0.3 is 10.0 Å². The fraction of sp³-hybridized carbons (Fsp3) is 0.292. The van der Waals surface area contributed by atoms with E-state index >= 15 is 0 Å². The molecule has 1 fully saturated rings. The summed E-state index contributed by atoms with van der Waals surface area (Å²) in [4.78, 5) is 20.1. The van der Waals surface area contributed by atoms with E-state index in [4.69, 9.17) is 5.26 Å². The first-order valence-electron chi connectivity index (χ1n) is 10.0. The number of carboxylic acids is 1. The summed E-state index contributed by atoms with van der Waals surface area (Å²) in [5, 5.41) is 18.2. The van der Waals surface area contributed by atoms with Gasteiger partial charge >= 0.3 is 5.97 Å². The molecule has 4 rings (SSSR count). The molecule has 0 spiro atoms. The van der Waals surface area contributed by atoms with Gasteiger partial charge in [-0.05, 0) is 43.2 Å². The van der Waals surface area contributed by atoms with Crippen LogP contribution in [0, 0.1) is 23.2 Å². The largest absolute Gasteiger partial charge is 0.478 e. The van der Waals surface area contributed by atoms with Crippen LogP contribution in [0.3, 0.4) is 0 Å². The van der Waals surface area contributed by atoms with E-state index in [1.165, 1.54) is 18.5 Å². The lowest BCUT2D eigenvalue weighted by Gasteiger charge is -2.38. The normalized spacial score (nSPS) is 18.8. The van der Waals surface area contributed by atoms with Gasteiger partial charge in [-0.2, -0.15) is 5.26 Å². The van der Waals surface area contributed by atoms with Crippen LogP contribution in [0.25, 0.3) is 0 Å². The van der Waals surface area contributed by atoms with Crippen molar-refractivity contribution >= 4 is 11.7 Å². The molecule has 0 bridgehead atoms. The third-order valence-corrected chi connectivity index (χ3v) is 5.66. The van der Waals surface area contributed by atoms with Crippen LogP contribution in [0.2, 0.25) is 0 Å². The van der Waals surface area contributed by atoms with Crippen LogP contribution in [0.1, 0.15) is 34.3 Å². The molecule has 150 valence electrons. The molecule has 2 aliphatic rings. The summed E-state index contributed by atoms with van der Waals surface area (Å²) >= 11 is 0. The van der Waals surface area contributed by atoms with Gasteiger partial charge in [-0.1, -0.05) is 17.9 Å². The number of hydrogen-bond donors (Lipinski definition) is 1. The number of rotatable bonds is 3. The van der Waals surface area contributed by atoms with Crippen LogP contribution in [-0.4, -0.2) is 53.2 Å². The summed E-state index contributed by atoms with van der Waals surface area (Å²) in [6, 6.07) is 11.8. The van der Waals surface area contributed by atoms with Gasteiger partial charge in [0.2, 0.25) is 0 Å². The molecule has 0 radical (unpaired) electrons. The molecule has 1 saturated heterocycles. The number of carbonyl (C=O) groups is 1. The van der Waals surface area contributed by atoms with Crippen molar-refractivity contribution in [2.75, 3.05) is 31.1 Å². The highest BCUT2D eigenvalue weighted by atomic mass is 16.4. The summed E-state index contributed by atoms with van der Waals surface area (Å²) in [5.74, 6) is 5.15. The van der Waals surface area contributed by atoms with Crippen LogP contribution >= 0.6 is 0 Å². The fourth-order valence-corrected chi connectivity index (χ4v) is 3.98. The average molecular weight is 398 g/mol. The molecule has 1 aromatic heterocycles. The van der Waals surface area contributed by atoms with Crippen molar-refractivity contribution in [1.82, 2.24) is 9.88 Å². The maximum absolute atomic E-state index is 11.3. The monoisotopic (exact) mass is 398 g/mol. The molecule has 2 heterocycles. The smallest absolute Gasteiger partial charge is 0.337 e. The van der Waals surface area contributed by atoms with Crippen LogP contribution in [-0.2, 0) is 0 Å². The third-order valence-electron chi connectivity index (χ3n) is 5.66. The maximum atomic E-state index is 11.3. The van der Waals surface area contributed by atoms with Gasteiger partial charge in [-0.15, -0.1) is 0 Å². The maximum Gasteiger partial charge on any atom is 0.337 e. The number of carboxylic acid groups (broad SMARTS) is 1. The number of allylic oxidation sites excluding steroid dienone is 1. The zero-order valence-corrected chi connectivity index (χ0v) is 16.6. The van der Waals surface area contributed by atoms with Gasteiger partial charge in [0.05, 0.1) is 22.8 Å². The van der Waals surface area contributed by atoms with Crippen LogP contribution in [0.4, 0.5) is 5.69 Å². The van der Waals surface area contributed by atoms with Gasteiger partial charge in [0.15, 0.2) is 0 Å². The topological polar surface area (TPSA) is 80.5 Å². The number of hydrogen-bond acceptors (Lipinski definition) is 5. The van der Waals surface area contributed by atoms with Gasteiger partial charge in [0.25, 0.3) is 0 Å². The van der Waals surface area contributed by atoms with E-state index in [2.05, 4.69) is 38.8 Å². The van der Waals surface area contributed by atoms with Crippen molar-refractivity contribution in [3.05, 3.63) is 71.1 Å². The van der Waals surface area contributed by atoms with E-state index in [0.29, 0.717) is 17.2 Å². The first kappa shape index (κ1) is 19.7. The summed E-state index contributed by atoms with van der Waals surface area (Å²) < 4.78 is 0. The van der Waals surface area contributed by atoms with Crippen molar-refractivity contribution in [3.63, 3.8) is 0 Å². The molecule has 1 atom stereocenters. The molecule has 1 aromatic carbocycles. The standard InChI is InChI=1S/C24H22N4O2/c25-16-19-3-6-21(7-4-19)27-11-13-28(14-12-27)22-8-2-18(15-22)1-5-20-17-26-10-9-23(20)24(29)30/h3-4,6-7,9-10,15,17,22H,2,8,11-14H2,(H,29,30). The Morgan fingerprint density at radius 1 is 1.10 bits per heavy atom. The Labute approximate surface area is 176 Å². The van der Waals surface area contributed by atoms with Crippen molar-refractivity contribution < 1.29 is 9.90 Å². The first-order chi connectivity index (χ1) is 14.6. The van der Waals surface area contributed by atoms with E-state index in [9.17, 15) is 9.90 Å². The third kappa shape index (κ3) is 4.35. The van der Waals surface area contributed by atoms with Gasteiger partial charge in [-0.25, -0.2) is 4.79 Å². The highest BCUT2D eigenvalue weighted by Crippen LogP contribution is 2.25. The van der Waals surface area contributed by atoms with Crippen molar-refractivity contribution in [3.8, 4) is 17.9 Å². The molecular weight excluding hydrogens is 376 g/mol. The molecule has 6 heteroatoms. The zero-order chi connectivity index (χ0) is 20.9. The van der Waals surface area contributed by atoms with Gasteiger partial charge in [-0.3, -0.25) is 9.88 Å². The van der Waals surface area contributed by atoms with E-state index < -0.39 is 5.97 Å². The number of nitriles is 1. The number of nitrogens with zero attached hydrogens (tertiary/aromatic N) is 4. The Morgan fingerprint density at radius 2 is 1.87 bits per heavy atom. The van der Waals surface area contributed by atoms with Gasteiger partial charge in [0.1, 0.15) is 0 Å². The molecule has 30 heavy (non-hydrogen) atoms. The number of pyridine rings is 1. The molecule has 6 nitrogen and oxygen atoms in total. The number of aromatic nitrogens is 1. The van der Waals surface area contributed by atoms with Crippen molar-refractivity contribution in [1.29, 1.82) is 5.26 Å². The molecule has 2 aromatic rings. The van der Waals surface area contributed by atoms with E-state index in [1.807, 2.05) is 24.3 Å². The Bertz CT molecular complexity index is 1060. The molecule has 0 saturated carbocycles. The van der Waals surface area contributed by atoms with E-state index in [-0.39, 0.29) is 5.56 Å². The molecule has 1 aliphatic carbocycles. The van der Waals surface area contributed by atoms with Crippen LogP contribution in [0.15, 0.2) is 54.4 Å². The predicted molar refractivity (Wildman–Crippen MR) is 114 cm³/mol. The highest BCUT2D eigenvalue weighted by molar-refractivity contribution is 5.90. The minimum absolute atomic E-state index is 0.187. The van der Waals surface area contributed by atoms with Crippen LogP contribution in [0.5, 0.6) is 0 Å². The number of piperazine rings is 1. The Hall–Kier alpha value is -3.61. The number of anilines is 1. The SMILES string of the molecule is N#Cc1ccc(N2CCN(C3C=C(C#Cc4cnccc4C(=O)O)CC3)CC2)cc1. The minimum Gasteiger partial charge on any atom is -0.478 e. The lowest BCUT2D eigenvalue weighted by Crippen LogP contribution is -2.49. The summed E-state index contributed by atoms with van der Waals surface area (Å²) in [7, 11) is 0. The highest BCUT2D eigenvalue weighted by Gasteiger charge is 2.25. The predicted octanol–water partition coefficient (Wildman–Crippen LogP) is 2.91. The molecular formula is C24H22N4O2. The second kappa shape index (κ2) is 8.82. The van der Waals surface area contributed by atoms with Gasteiger partial charge in [0, 0.05) is 55.9 Å². The van der Waals surface area contributed by atoms with E-state index in [1.54, 1.807) is 0 Å². The average Bonchev–Trinajstić information content (AvgIpc) is 3.27. The van der Waals surface area contributed by atoms with Crippen molar-refractivity contribution in [2.45, 2.75) is 18.9 Å². The Balaban J connectivity index is 1.37. The fourth-order valence-electron chi connectivity index (χ4n) is 3.98.